The quantitative estimate of drug-likeness (QED) is 0.275. The Bertz CT molecular complexity index is 1380. The van der Waals surface area contributed by atoms with E-state index in [1.54, 1.807) is 6.20 Å². The molecule has 0 atom stereocenters. The maximum Gasteiger partial charge on any atom is 0.251 e. The number of carbonyl (C=O) groups is 1. The molecule has 3 N–H and O–H groups in total. The molecule has 6 rings (SSSR count). The molecule has 3 heterocycles. The summed E-state index contributed by atoms with van der Waals surface area (Å²) in [7, 11) is 0. The summed E-state index contributed by atoms with van der Waals surface area (Å²) >= 11 is 0. The Hall–Kier alpha value is -3.88. The van der Waals surface area contributed by atoms with Crippen molar-refractivity contribution in [3.63, 3.8) is 0 Å². The minimum Gasteiger partial charge on any atom is -0.370 e. The molecule has 4 aromatic rings. The molecule has 2 aliphatic rings. The van der Waals surface area contributed by atoms with Gasteiger partial charge in [0.25, 0.3) is 5.91 Å². The van der Waals surface area contributed by atoms with Crippen LogP contribution in [0.2, 0.25) is 0 Å². The van der Waals surface area contributed by atoms with Crippen molar-refractivity contribution < 1.29 is 4.79 Å². The van der Waals surface area contributed by atoms with Crippen LogP contribution in [-0.2, 0) is 6.54 Å². The maximum absolute atomic E-state index is 12.6. The van der Waals surface area contributed by atoms with Crippen LogP contribution in [0.1, 0.15) is 60.9 Å². The van der Waals surface area contributed by atoms with Crippen LogP contribution in [0.25, 0.3) is 16.8 Å². The Kier molecular flexibility index (Phi) is 6.51. The second-order valence-corrected chi connectivity index (χ2v) is 10.3. The Morgan fingerprint density at radius 2 is 1.97 bits per heavy atom. The minimum atomic E-state index is 0.00904. The van der Waals surface area contributed by atoms with Gasteiger partial charge in [-0.1, -0.05) is 25.0 Å². The van der Waals surface area contributed by atoms with Crippen LogP contribution >= 0.6 is 0 Å². The highest BCUT2D eigenvalue weighted by Gasteiger charge is 2.25. The van der Waals surface area contributed by atoms with Gasteiger partial charge in [0.15, 0.2) is 5.65 Å². The first-order chi connectivity index (χ1) is 18.1. The fourth-order valence-electron chi connectivity index (χ4n) is 5.12. The van der Waals surface area contributed by atoms with Crippen molar-refractivity contribution in [2.24, 2.45) is 0 Å². The van der Waals surface area contributed by atoms with Crippen LogP contribution < -0.4 is 16.0 Å². The Morgan fingerprint density at radius 1 is 1.11 bits per heavy atom. The summed E-state index contributed by atoms with van der Waals surface area (Å²) in [6.07, 6.45) is 15.5. The summed E-state index contributed by atoms with van der Waals surface area (Å²) in [6, 6.07) is 8.85. The number of imidazole rings is 1. The Balaban J connectivity index is 1.28. The molecule has 0 unspecified atom stereocenters. The number of hydrogen-bond acceptors (Lipinski definition) is 6. The number of nitrogens with one attached hydrogen (secondary N) is 3. The van der Waals surface area contributed by atoms with E-state index in [4.69, 9.17) is 10.1 Å². The van der Waals surface area contributed by atoms with Gasteiger partial charge in [-0.05, 0) is 56.2 Å². The first kappa shape index (κ1) is 23.5. The monoisotopic (exact) mass is 498 g/mol. The highest BCUT2D eigenvalue weighted by Crippen LogP contribution is 2.30. The molecule has 0 spiro atoms. The average molecular weight is 499 g/mol. The number of benzene rings is 1. The van der Waals surface area contributed by atoms with Gasteiger partial charge in [-0.15, -0.1) is 0 Å². The smallest absolute Gasteiger partial charge is 0.251 e. The first-order valence-electron chi connectivity index (χ1n) is 13.4. The molecule has 37 heavy (non-hydrogen) atoms. The van der Waals surface area contributed by atoms with Crippen LogP contribution in [0.3, 0.4) is 0 Å². The van der Waals surface area contributed by atoms with Crippen molar-refractivity contribution in [1.82, 2.24) is 29.5 Å². The minimum absolute atomic E-state index is 0.00904. The van der Waals surface area contributed by atoms with Crippen molar-refractivity contribution >= 4 is 23.2 Å². The van der Waals surface area contributed by atoms with Crippen LogP contribution in [-0.4, -0.2) is 48.7 Å². The number of anilines is 2. The molecule has 0 saturated heterocycles. The summed E-state index contributed by atoms with van der Waals surface area (Å²) in [6.45, 7) is 3.70. The summed E-state index contributed by atoms with van der Waals surface area (Å²) in [5.41, 5.74) is 4.44. The highest BCUT2D eigenvalue weighted by molar-refractivity contribution is 5.97. The second-order valence-electron chi connectivity index (χ2n) is 10.3. The van der Waals surface area contributed by atoms with E-state index in [1.165, 1.54) is 25.7 Å². The molecule has 192 valence electrons. The third-order valence-corrected chi connectivity index (χ3v) is 7.33. The van der Waals surface area contributed by atoms with E-state index in [2.05, 4.69) is 37.6 Å². The van der Waals surface area contributed by atoms with Crippen LogP contribution in [0, 0.1) is 6.92 Å². The normalized spacial score (nSPS) is 15.8. The zero-order valence-electron chi connectivity index (χ0n) is 21.3. The number of carbonyl (C=O) groups excluding carboxylic acids is 1. The van der Waals surface area contributed by atoms with E-state index in [0.29, 0.717) is 12.1 Å². The largest absolute Gasteiger partial charge is 0.370 e. The molecule has 1 amide bonds. The summed E-state index contributed by atoms with van der Waals surface area (Å²) in [5, 5.41) is 15.0. The molecule has 9 nitrogen and oxygen atoms in total. The lowest BCUT2D eigenvalue weighted by Gasteiger charge is -2.16. The molecule has 0 bridgehead atoms. The number of aromatic nitrogens is 5. The van der Waals surface area contributed by atoms with E-state index in [9.17, 15) is 4.79 Å². The van der Waals surface area contributed by atoms with E-state index in [-0.39, 0.29) is 5.91 Å². The predicted molar refractivity (Wildman–Crippen MR) is 145 cm³/mol. The van der Waals surface area contributed by atoms with Gasteiger partial charge in [0.1, 0.15) is 11.6 Å². The van der Waals surface area contributed by atoms with Gasteiger partial charge >= 0.3 is 0 Å². The standard InChI is InChI=1S/C28H34N8O/c1-19-15-20(7-10-23(19)28(37)33-22-8-9-22)24-17-31-36-26(30-11-4-13-35-14-12-29-18-35)16-25(34-27(24)36)32-21-5-2-3-6-21/h7,10,12,14-18,21-22,30H,2-6,8-9,11,13H2,1H3,(H,32,34)(H,33,37). The van der Waals surface area contributed by atoms with E-state index < -0.39 is 0 Å². The Morgan fingerprint density at radius 3 is 2.73 bits per heavy atom. The molecule has 2 fully saturated rings. The number of aryl methyl sites for hydroxylation is 2. The number of nitrogens with zero attached hydrogens (tertiary/aromatic N) is 5. The van der Waals surface area contributed by atoms with Gasteiger partial charge in [-0.2, -0.15) is 9.61 Å². The third-order valence-electron chi connectivity index (χ3n) is 7.33. The zero-order chi connectivity index (χ0) is 25.2. The maximum atomic E-state index is 12.6. The van der Waals surface area contributed by atoms with Crippen LogP contribution in [0.4, 0.5) is 11.6 Å². The predicted octanol–water partition coefficient (Wildman–Crippen LogP) is 4.65. The van der Waals surface area contributed by atoms with Gasteiger partial charge in [-0.3, -0.25) is 4.79 Å². The van der Waals surface area contributed by atoms with E-state index in [1.807, 2.05) is 42.3 Å². The van der Waals surface area contributed by atoms with Gasteiger partial charge in [0.05, 0.1) is 12.5 Å². The Labute approximate surface area is 216 Å². The van der Waals surface area contributed by atoms with Crippen molar-refractivity contribution in [1.29, 1.82) is 0 Å². The van der Waals surface area contributed by atoms with Crippen LogP contribution in [0.15, 0.2) is 49.2 Å². The fraction of sp³-hybridized carbons (Fsp3) is 0.429. The van der Waals surface area contributed by atoms with Gasteiger partial charge in [0.2, 0.25) is 0 Å². The summed E-state index contributed by atoms with van der Waals surface area (Å²) in [4.78, 5) is 21.7. The molecular weight excluding hydrogens is 464 g/mol. The molecule has 3 aromatic heterocycles. The summed E-state index contributed by atoms with van der Waals surface area (Å²) in [5.74, 6) is 1.80. The van der Waals surface area contributed by atoms with Crippen molar-refractivity contribution in [2.45, 2.75) is 70.5 Å². The van der Waals surface area contributed by atoms with Crippen LogP contribution in [0.5, 0.6) is 0 Å². The van der Waals surface area contributed by atoms with Crippen molar-refractivity contribution in [2.75, 3.05) is 17.2 Å². The van der Waals surface area contributed by atoms with E-state index >= 15 is 0 Å². The number of rotatable bonds is 10. The topological polar surface area (TPSA) is 101 Å². The molecule has 9 heteroatoms. The lowest BCUT2D eigenvalue weighted by molar-refractivity contribution is 0.0950. The zero-order valence-corrected chi connectivity index (χ0v) is 21.3. The SMILES string of the molecule is Cc1cc(-c2cnn3c(NCCCn4ccnc4)cc(NC4CCCC4)nc23)ccc1C(=O)NC1CC1. The second kappa shape index (κ2) is 10.2. The molecule has 0 radical (unpaired) electrons. The van der Waals surface area contributed by atoms with Crippen molar-refractivity contribution in [3.05, 3.63) is 60.3 Å². The molecular formula is C28H34N8O. The number of hydrogen-bond donors (Lipinski definition) is 3. The molecule has 0 aliphatic heterocycles. The average Bonchev–Trinajstić information content (AvgIpc) is 3.28. The van der Waals surface area contributed by atoms with Gasteiger partial charge < -0.3 is 20.5 Å². The molecule has 1 aromatic carbocycles. The van der Waals surface area contributed by atoms with E-state index in [0.717, 1.165) is 71.9 Å². The highest BCUT2D eigenvalue weighted by atomic mass is 16.1. The lowest BCUT2D eigenvalue weighted by atomic mass is 10.0. The fourth-order valence-corrected chi connectivity index (χ4v) is 5.12. The lowest BCUT2D eigenvalue weighted by Crippen LogP contribution is -2.26. The third kappa shape index (κ3) is 5.30. The van der Waals surface area contributed by atoms with Gasteiger partial charge in [-0.25, -0.2) is 9.97 Å². The summed E-state index contributed by atoms with van der Waals surface area (Å²) < 4.78 is 3.97. The number of amides is 1. The van der Waals surface area contributed by atoms with Crippen molar-refractivity contribution in [3.8, 4) is 11.1 Å². The first-order valence-corrected chi connectivity index (χ1v) is 13.4. The van der Waals surface area contributed by atoms with Gasteiger partial charge in [0, 0.05) is 54.8 Å². The molecule has 2 aliphatic carbocycles. The number of fused-ring (bicyclic) bond motifs is 1. The molecule has 2 saturated carbocycles.